The molecule has 0 aliphatic carbocycles. The van der Waals surface area contributed by atoms with Crippen molar-refractivity contribution in [3.05, 3.63) is 78.5 Å². The molecule has 3 aromatic rings. The summed E-state index contributed by atoms with van der Waals surface area (Å²) in [7, 11) is 0. The van der Waals surface area contributed by atoms with Crippen molar-refractivity contribution < 1.29 is 9.18 Å². The number of fused-ring (bicyclic) bond motifs is 1. The summed E-state index contributed by atoms with van der Waals surface area (Å²) in [6.45, 7) is 3.48. The third-order valence-corrected chi connectivity index (χ3v) is 5.51. The zero-order valence-electron chi connectivity index (χ0n) is 16.8. The van der Waals surface area contributed by atoms with E-state index in [9.17, 15) is 9.18 Å². The average Bonchev–Trinajstić information content (AvgIpc) is 3.15. The molecule has 1 amide bonds. The van der Waals surface area contributed by atoms with E-state index in [4.69, 9.17) is 0 Å². The van der Waals surface area contributed by atoms with Crippen LogP contribution in [0.5, 0.6) is 0 Å². The Morgan fingerprint density at radius 1 is 0.935 bits per heavy atom. The van der Waals surface area contributed by atoms with Crippen molar-refractivity contribution >= 4 is 34.5 Å². The third kappa shape index (κ3) is 3.79. The van der Waals surface area contributed by atoms with Crippen LogP contribution in [0.1, 0.15) is 5.56 Å². The van der Waals surface area contributed by atoms with E-state index in [2.05, 4.69) is 30.4 Å². The Morgan fingerprint density at radius 3 is 2.39 bits per heavy atom. The van der Waals surface area contributed by atoms with Crippen molar-refractivity contribution in [3.8, 4) is 0 Å². The van der Waals surface area contributed by atoms with Crippen LogP contribution in [0, 0.1) is 5.82 Å². The second-order valence-corrected chi connectivity index (χ2v) is 7.39. The van der Waals surface area contributed by atoms with Crippen LogP contribution >= 0.6 is 0 Å². The molecule has 156 valence electrons. The maximum absolute atomic E-state index is 14.2. The highest BCUT2D eigenvalue weighted by Crippen LogP contribution is 2.33. The lowest BCUT2D eigenvalue weighted by Crippen LogP contribution is -2.47. The monoisotopic (exact) mass is 416 g/mol. The van der Waals surface area contributed by atoms with E-state index in [0.29, 0.717) is 11.3 Å². The quantitative estimate of drug-likeness (QED) is 0.636. The lowest BCUT2D eigenvalue weighted by molar-refractivity contribution is -0.110. The van der Waals surface area contributed by atoms with Crippen molar-refractivity contribution in [2.45, 2.75) is 0 Å². The van der Waals surface area contributed by atoms with Crippen molar-refractivity contribution in [2.24, 2.45) is 0 Å². The van der Waals surface area contributed by atoms with Gasteiger partial charge in [-0.1, -0.05) is 6.07 Å². The zero-order valence-corrected chi connectivity index (χ0v) is 16.8. The van der Waals surface area contributed by atoms with E-state index in [0.717, 1.165) is 43.5 Å². The lowest BCUT2D eigenvalue weighted by Gasteiger charge is -2.36. The molecule has 0 bridgehead atoms. The molecular weight excluding hydrogens is 395 g/mol. The normalized spacial score (nSPS) is 16.9. The number of piperazine rings is 1. The van der Waals surface area contributed by atoms with E-state index in [-0.39, 0.29) is 11.5 Å². The van der Waals surface area contributed by atoms with Gasteiger partial charge in [-0.3, -0.25) is 4.79 Å². The maximum Gasteiger partial charge on any atom is 0.257 e. The number of nitrogens with zero attached hydrogens (tertiary/aromatic N) is 4. The number of hydrogen-bond donors (Lipinski definition) is 2. The van der Waals surface area contributed by atoms with Gasteiger partial charge >= 0.3 is 0 Å². The first-order valence-electron chi connectivity index (χ1n) is 10.1. The van der Waals surface area contributed by atoms with Crippen molar-refractivity contribution in [2.75, 3.05) is 46.6 Å². The van der Waals surface area contributed by atoms with Gasteiger partial charge in [0.2, 0.25) is 5.95 Å². The van der Waals surface area contributed by atoms with Gasteiger partial charge in [0.05, 0.1) is 11.3 Å². The molecule has 7 nitrogen and oxygen atoms in total. The second kappa shape index (κ2) is 8.06. The number of aromatic nitrogens is 2. The smallest absolute Gasteiger partial charge is 0.257 e. The molecule has 0 radical (unpaired) electrons. The highest BCUT2D eigenvalue weighted by atomic mass is 19.1. The van der Waals surface area contributed by atoms with Gasteiger partial charge in [0.1, 0.15) is 5.82 Å². The molecule has 2 aliphatic rings. The Hall–Kier alpha value is -3.94. The number of benzene rings is 2. The molecule has 1 fully saturated rings. The van der Waals surface area contributed by atoms with Crippen molar-refractivity contribution in [1.82, 2.24) is 9.97 Å². The fraction of sp³-hybridized carbons (Fsp3) is 0.174. The van der Waals surface area contributed by atoms with Crippen LogP contribution in [0.3, 0.4) is 0 Å². The van der Waals surface area contributed by atoms with E-state index in [1.54, 1.807) is 30.7 Å². The molecule has 8 heteroatoms. The van der Waals surface area contributed by atoms with Gasteiger partial charge in [-0.15, -0.1) is 0 Å². The summed E-state index contributed by atoms with van der Waals surface area (Å²) in [5.41, 5.74) is 3.04. The fourth-order valence-electron chi connectivity index (χ4n) is 3.89. The molecule has 2 N–H and O–H groups in total. The van der Waals surface area contributed by atoms with E-state index >= 15 is 0 Å². The number of amides is 1. The first kappa shape index (κ1) is 19.0. The minimum atomic E-state index is -0.417. The van der Waals surface area contributed by atoms with Gasteiger partial charge in [0, 0.05) is 61.7 Å². The Labute approximate surface area is 179 Å². The molecule has 0 unspecified atom stereocenters. The minimum absolute atomic E-state index is 0.288. The third-order valence-electron chi connectivity index (χ3n) is 5.51. The summed E-state index contributed by atoms with van der Waals surface area (Å²) >= 11 is 0. The number of carbonyl (C=O) groups excluding carboxylic acids is 1. The number of carbonyl (C=O) groups is 1. The summed E-state index contributed by atoms with van der Waals surface area (Å²) < 4.78 is 14.2. The Morgan fingerprint density at radius 2 is 1.65 bits per heavy atom. The molecule has 0 saturated carbocycles. The highest BCUT2D eigenvalue weighted by Gasteiger charge is 2.27. The lowest BCUT2D eigenvalue weighted by atomic mass is 10.1. The maximum atomic E-state index is 14.2. The van der Waals surface area contributed by atoms with Gasteiger partial charge in [0.15, 0.2) is 0 Å². The van der Waals surface area contributed by atoms with Crippen molar-refractivity contribution in [1.29, 1.82) is 0 Å². The van der Waals surface area contributed by atoms with Gasteiger partial charge in [-0.05, 0) is 42.5 Å². The fourth-order valence-corrected chi connectivity index (χ4v) is 3.89. The summed E-state index contributed by atoms with van der Waals surface area (Å²) in [5, 5.41) is 5.80. The van der Waals surface area contributed by atoms with Crippen LogP contribution in [0.25, 0.3) is 5.57 Å². The summed E-state index contributed by atoms with van der Waals surface area (Å²) in [6, 6.07) is 14.4. The van der Waals surface area contributed by atoms with Crippen LogP contribution < -0.4 is 20.4 Å². The first-order valence-corrected chi connectivity index (χ1v) is 10.1. The summed E-state index contributed by atoms with van der Waals surface area (Å²) in [5.74, 6) is 0.0347. The highest BCUT2D eigenvalue weighted by molar-refractivity contribution is 6.31. The van der Waals surface area contributed by atoms with Crippen LogP contribution in [0.4, 0.5) is 27.4 Å². The molecule has 3 heterocycles. The Kier molecular flexibility index (Phi) is 4.95. The predicted molar refractivity (Wildman–Crippen MR) is 120 cm³/mol. The Bertz CT molecular complexity index is 1120. The number of nitrogens with one attached hydrogen (secondary N) is 2. The number of halogens is 1. The molecule has 0 spiro atoms. The standard InChI is InChI=1S/C23H21FN6O/c24-19-3-1-4-20-21(19)18(22(31)28-20)15-27-16-5-7-17(8-6-16)29-11-13-30(14-12-29)23-25-9-2-10-26-23/h1-10,15,27H,11-14H2,(H,28,31)/b18-15+. The van der Waals surface area contributed by atoms with Gasteiger partial charge in [-0.25, -0.2) is 14.4 Å². The average molecular weight is 416 g/mol. The van der Waals surface area contributed by atoms with E-state index < -0.39 is 5.82 Å². The number of anilines is 4. The molecule has 2 aliphatic heterocycles. The SMILES string of the molecule is O=C1Nc2cccc(F)c2/C1=C\Nc1ccc(N2CCN(c3ncccn3)CC2)cc1. The molecule has 1 saturated heterocycles. The molecule has 2 aromatic carbocycles. The second-order valence-electron chi connectivity index (χ2n) is 7.39. The summed E-state index contributed by atoms with van der Waals surface area (Å²) in [6.07, 6.45) is 5.08. The van der Waals surface area contributed by atoms with Crippen molar-refractivity contribution in [3.63, 3.8) is 0 Å². The van der Waals surface area contributed by atoms with E-state index in [1.807, 2.05) is 30.3 Å². The predicted octanol–water partition coefficient (Wildman–Crippen LogP) is 3.35. The topological polar surface area (TPSA) is 73.4 Å². The van der Waals surface area contributed by atoms with Gasteiger partial charge in [-0.2, -0.15) is 0 Å². The molecule has 5 rings (SSSR count). The van der Waals surface area contributed by atoms with Crippen LogP contribution in [0.2, 0.25) is 0 Å². The number of rotatable bonds is 4. The molecular formula is C23H21FN6O. The van der Waals surface area contributed by atoms with Crippen LogP contribution in [-0.2, 0) is 4.79 Å². The van der Waals surface area contributed by atoms with E-state index in [1.165, 1.54) is 6.07 Å². The minimum Gasteiger partial charge on any atom is -0.368 e. The number of hydrogen-bond acceptors (Lipinski definition) is 6. The van der Waals surface area contributed by atoms with Gasteiger partial charge < -0.3 is 20.4 Å². The molecule has 0 atom stereocenters. The zero-order chi connectivity index (χ0) is 21.2. The van der Waals surface area contributed by atoms with Crippen LogP contribution in [0.15, 0.2) is 67.1 Å². The van der Waals surface area contributed by atoms with Gasteiger partial charge in [0.25, 0.3) is 5.91 Å². The summed E-state index contributed by atoms with van der Waals surface area (Å²) in [4.78, 5) is 25.3. The Balaban J connectivity index is 1.24. The first-order chi connectivity index (χ1) is 15.2. The molecule has 1 aromatic heterocycles. The largest absolute Gasteiger partial charge is 0.368 e. The molecule has 31 heavy (non-hydrogen) atoms. The van der Waals surface area contributed by atoms with Crippen LogP contribution in [-0.4, -0.2) is 42.1 Å².